The Morgan fingerprint density at radius 2 is 0.829 bits per heavy atom. The Morgan fingerprint density at radius 1 is 0.427 bits per heavy atom. The fraction of sp³-hybridized carbons (Fsp3) is 0.513. The van der Waals surface area contributed by atoms with Gasteiger partial charge in [-0.15, -0.1) is 0 Å². The van der Waals surface area contributed by atoms with Gasteiger partial charge < -0.3 is 0 Å². The summed E-state index contributed by atoms with van der Waals surface area (Å²) in [5.74, 6) is 4.02. The largest absolute Gasteiger partial charge is 0.295 e. The van der Waals surface area contributed by atoms with Crippen molar-refractivity contribution < 1.29 is 19.2 Å². The second kappa shape index (κ2) is 27.8. The van der Waals surface area contributed by atoms with Gasteiger partial charge in [0.05, 0.1) is 0 Å². The van der Waals surface area contributed by atoms with E-state index >= 15 is 0 Å². The third-order valence-corrected chi connectivity index (χ3v) is 20.2. The Balaban J connectivity index is 0.000000192. The number of hydrogen-bond donors (Lipinski definition) is 0. The zero-order valence-electron chi connectivity index (χ0n) is 55.1. The summed E-state index contributed by atoms with van der Waals surface area (Å²) in [5.41, 5.74) is 20.8. The van der Waals surface area contributed by atoms with E-state index < -0.39 is 0 Å². The zero-order valence-corrected chi connectivity index (χ0v) is 55.1. The van der Waals surface area contributed by atoms with Crippen LogP contribution >= 0.6 is 0 Å². The molecule has 6 unspecified atom stereocenters. The highest BCUT2D eigenvalue weighted by Crippen LogP contribution is 2.62. The van der Waals surface area contributed by atoms with Gasteiger partial charge in [-0.3, -0.25) is 19.2 Å². The van der Waals surface area contributed by atoms with Crippen molar-refractivity contribution in [2.45, 2.75) is 204 Å². The van der Waals surface area contributed by atoms with Gasteiger partial charge in [0.1, 0.15) is 0 Å². The summed E-state index contributed by atoms with van der Waals surface area (Å²) < 4.78 is 0. The van der Waals surface area contributed by atoms with Gasteiger partial charge in [0.25, 0.3) is 0 Å². The Bertz CT molecular complexity index is 3120. The van der Waals surface area contributed by atoms with Crippen molar-refractivity contribution in [2.24, 2.45) is 57.2 Å². The molecule has 8 aliphatic carbocycles. The van der Waals surface area contributed by atoms with Crippen LogP contribution in [-0.4, -0.2) is 23.1 Å². The third kappa shape index (κ3) is 11.6. The van der Waals surface area contributed by atoms with Crippen LogP contribution in [0, 0.1) is 57.2 Å². The van der Waals surface area contributed by atoms with Crippen LogP contribution in [-0.2, 0) is 44.9 Å². The molecule has 4 aromatic carbocycles. The summed E-state index contributed by atoms with van der Waals surface area (Å²) in [4.78, 5) is 48.7. The van der Waals surface area contributed by atoms with E-state index in [2.05, 4.69) is 172 Å². The minimum absolute atomic E-state index is 0.0294. The topological polar surface area (TPSA) is 68.3 Å². The predicted octanol–water partition coefficient (Wildman–Crippen LogP) is 20.5. The number of Topliss-reactive ketones (excluding diaryl/α,β-unsaturated/α-hetero) is 3. The number of ketones is 4. The smallest absolute Gasteiger partial charge is 0.181 e. The van der Waals surface area contributed by atoms with Gasteiger partial charge in [0.15, 0.2) is 23.1 Å². The van der Waals surface area contributed by atoms with Gasteiger partial charge in [0, 0.05) is 46.0 Å². The molecule has 0 heterocycles. The van der Waals surface area contributed by atoms with Crippen LogP contribution in [0.1, 0.15) is 223 Å². The molecule has 0 radical (unpaired) electrons. The van der Waals surface area contributed by atoms with Crippen molar-refractivity contribution >= 4 is 45.4 Å². The number of hydrogen-bond acceptors (Lipinski definition) is 4. The van der Waals surface area contributed by atoms with Crippen LogP contribution in [0.5, 0.6) is 0 Å². The van der Waals surface area contributed by atoms with Gasteiger partial charge in [-0.25, -0.2) is 0 Å². The third-order valence-electron chi connectivity index (χ3n) is 20.2. The van der Waals surface area contributed by atoms with Crippen LogP contribution < -0.4 is 0 Å². The average Bonchev–Trinajstić information content (AvgIpc) is 2.65. The van der Waals surface area contributed by atoms with E-state index in [1.165, 1.54) is 66.8 Å². The summed E-state index contributed by atoms with van der Waals surface area (Å²) in [5, 5.41) is 0. The predicted molar refractivity (Wildman–Crippen MR) is 351 cm³/mol. The fourth-order valence-electron chi connectivity index (χ4n) is 15.9. The highest BCUT2D eigenvalue weighted by Gasteiger charge is 2.53. The van der Waals surface area contributed by atoms with Crippen LogP contribution in [0.15, 0.2) is 132 Å². The number of benzene rings is 4. The fourth-order valence-corrected chi connectivity index (χ4v) is 15.9. The first-order valence-electron chi connectivity index (χ1n) is 32.1. The molecule has 0 aliphatic heterocycles. The molecule has 8 aliphatic rings. The summed E-state index contributed by atoms with van der Waals surface area (Å²) >= 11 is 0. The highest BCUT2D eigenvalue weighted by atomic mass is 16.1. The molecule has 0 N–H and O–H groups in total. The molecule has 0 aromatic heterocycles. The van der Waals surface area contributed by atoms with Gasteiger partial charge in [-0.1, -0.05) is 228 Å². The van der Waals surface area contributed by atoms with E-state index in [4.69, 9.17) is 0 Å². The first kappa shape index (κ1) is 67.1. The maximum Gasteiger partial charge on any atom is 0.181 e. The molecule has 4 nitrogen and oxygen atoms in total. The number of carbonyl (C=O) groups excluding carboxylic acids is 4. The number of rotatable bonds is 4. The van der Waals surface area contributed by atoms with E-state index in [0.29, 0.717) is 53.4 Å². The summed E-state index contributed by atoms with van der Waals surface area (Å²) in [6.07, 6.45) is 11.7. The molecule has 0 fully saturated rings. The van der Waals surface area contributed by atoms with Gasteiger partial charge in [0.2, 0.25) is 0 Å². The molecular formula is C78H106O4. The van der Waals surface area contributed by atoms with E-state index in [1.54, 1.807) is 6.08 Å². The molecule has 4 heteroatoms. The van der Waals surface area contributed by atoms with E-state index in [9.17, 15) is 19.2 Å². The molecule has 4 aromatic rings. The Kier molecular flexibility index (Phi) is 22.7. The summed E-state index contributed by atoms with van der Waals surface area (Å²) in [7, 11) is 0. The molecule has 0 bridgehead atoms. The van der Waals surface area contributed by atoms with Gasteiger partial charge in [-0.05, 0) is 185 Å². The quantitative estimate of drug-likeness (QED) is 0.204. The summed E-state index contributed by atoms with van der Waals surface area (Å²) in [6.45, 7) is 46.8. The zero-order chi connectivity index (χ0) is 61.4. The van der Waals surface area contributed by atoms with E-state index in [0.717, 1.165) is 67.2 Å². The second-order valence-electron chi connectivity index (χ2n) is 25.0. The minimum Gasteiger partial charge on any atom is -0.295 e. The van der Waals surface area contributed by atoms with Crippen LogP contribution in [0.4, 0.5) is 0 Å². The van der Waals surface area contributed by atoms with Crippen molar-refractivity contribution in [2.75, 3.05) is 0 Å². The molecule has 0 spiro atoms. The SMILES string of the molecule is CC.CC.CC.CC.CC1=C2c3ccccc3CC2(C(C)C)C(C)CC1=O.CC1=C2c3ccccc3CC2(C(C)C)C=CC1=O.CC1=C2c3ccccc3CC2(C(C)C)CC(C)C1=O.CC1=C2c3ccccc3CC2(C(C)C)CCC1=O. The lowest BCUT2D eigenvalue weighted by Gasteiger charge is -2.44. The highest BCUT2D eigenvalue weighted by molar-refractivity contribution is 6.13. The molecule has 0 amide bonds. The maximum absolute atomic E-state index is 12.4. The number of fused-ring (bicyclic) bond motifs is 12. The Hall–Kier alpha value is -5.74. The molecule has 442 valence electrons. The lowest BCUT2D eigenvalue weighted by Crippen LogP contribution is -2.39. The van der Waals surface area contributed by atoms with E-state index in [1.807, 2.05) is 83.1 Å². The molecular weight excluding hydrogens is 1000 g/mol. The van der Waals surface area contributed by atoms with Gasteiger partial charge >= 0.3 is 0 Å². The standard InChI is InChI=1S/2C18H22O.C17H20O.C17H18O.4C2H6/c1-11(2)18-9-12(3)17(19)13(4)16(18)15-8-6-5-7-14(15)10-18;1-11(2)18-10-14-7-5-6-8-15(14)17(18)13(4)16(19)9-12(18)3;2*1-11(2)17-9-8-15(18)12(3)16(17)14-7-5-4-6-13(14)10-17;4*1-2/h2*5-8,11-12H,9-10H2,1-4H3;4-7,11H,8-10H2,1-3H3;4-9,11H,10H2,1-3H3;4*1-2H3. The second-order valence-corrected chi connectivity index (χ2v) is 25.0. The van der Waals surface area contributed by atoms with Crippen molar-refractivity contribution in [3.63, 3.8) is 0 Å². The Labute approximate surface area is 499 Å². The lowest BCUT2D eigenvalue weighted by atomic mass is 9.58. The normalized spacial score (nSPS) is 25.5. The van der Waals surface area contributed by atoms with E-state index in [-0.39, 0.29) is 33.4 Å². The van der Waals surface area contributed by atoms with Gasteiger partial charge in [-0.2, -0.15) is 0 Å². The monoisotopic (exact) mass is 1110 g/mol. The summed E-state index contributed by atoms with van der Waals surface area (Å²) in [6, 6.07) is 34.4. The lowest BCUT2D eigenvalue weighted by molar-refractivity contribution is -0.120. The van der Waals surface area contributed by atoms with Crippen LogP contribution in [0.2, 0.25) is 0 Å². The van der Waals surface area contributed by atoms with Crippen molar-refractivity contribution in [3.8, 4) is 0 Å². The van der Waals surface area contributed by atoms with Crippen molar-refractivity contribution in [3.05, 3.63) is 176 Å². The molecule has 0 saturated heterocycles. The van der Waals surface area contributed by atoms with Crippen molar-refractivity contribution in [1.82, 2.24) is 0 Å². The molecule has 12 rings (SSSR count). The maximum atomic E-state index is 12.4. The molecule has 6 atom stereocenters. The van der Waals surface area contributed by atoms with Crippen molar-refractivity contribution in [1.29, 1.82) is 0 Å². The first-order chi connectivity index (χ1) is 39.1. The average molecular weight is 1110 g/mol. The van der Waals surface area contributed by atoms with Crippen LogP contribution in [0.25, 0.3) is 22.3 Å². The number of allylic oxidation sites excluding steroid dienone is 10. The first-order valence-corrected chi connectivity index (χ1v) is 32.1. The minimum atomic E-state index is 0.0294. The Morgan fingerprint density at radius 3 is 1.29 bits per heavy atom. The molecule has 0 saturated carbocycles. The number of carbonyl (C=O) groups is 4. The van der Waals surface area contributed by atoms with Crippen LogP contribution in [0.3, 0.4) is 0 Å². The molecule has 82 heavy (non-hydrogen) atoms.